The lowest BCUT2D eigenvalue weighted by molar-refractivity contribution is 0.0847. The Hall–Kier alpha value is -4.39. The zero-order valence-electron chi connectivity index (χ0n) is 17.5. The van der Waals surface area contributed by atoms with Crippen LogP contribution in [-0.4, -0.2) is 28.7 Å². The first-order chi connectivity index (χ1) is 15.6. The van der Waals surface area contributed by atoms with Gasteiger partial charge in [0.15, 0.2) is 0 Å². The monoisotopic (exact) mass is 426 g/mol. The van der Waals surface area contributed by atoms with Crippen molar-refractivity contribution < 1.29 is 14.3 Å². The quantitative estimate of drug-likeness (QED) is 0.461. The van der Waals surface area contributed by atoms with E-state index in [1.165, 1.54) is 0 Å². The van der Waals surface area contributed by atoms with Crippen LogP contribution < -0.4 is 15.6 Å². The fraction of sp³-hybridized carbons (Fsp3) is 0.0800. The van der Waals surface area contributed by atoms with Gasteiger partial charge < -0.3 is 4.74 Å². The van der Waals surface area contributed by atoms with E-state index in [1.54, 1.807) is 42.3 Å². The highest BCUT2D eigenvalue weighted by atomic mass is 16.5. The predicted octanol–water partition coefficient (Wildman–Crippen LogP) is 3.68. The molecule has 0 aliphatic heterocycles. The normalized spacial score (nSPS) is 10.4. The topological polar surface area (TPSA) is 85.3 Å². The average Bonchev–Trinajstić information content (AvgIpc) is 3.27. The van der Waals surface area contributed by atoms with E-state index in [2.05, 4.69) is 16.0 Å². The van der Waals surface area contributed by atoms with Crippen LogP contribution in [-0.2, 0) is 6.54 Å². The Bertz CT molecular complexity index is 1200. The highest BCUT2D eigenvalue weighted by Crippen LogP contribution is 2.22. The molecule has 160 valence electrons. The first kappa shape index (κ1) is 20.9. The van der Waals surface area contributed by atoms with Crippen LogP contribution in [0, 0.1) is 0 Å². The van der Waals surface area contributed by atoms with Crippen molar-refractivity contribution in [1.82, 2.24) is 20.6 Å². The third kappa shape index (κ3) is 4.84. The third-order valence-corrected chi connectivity index (χ3v) is 4.88. The van der Waals surface area contributed by atoms with Crippen LogP contribution in [0.5, 0.6) is 5.75 Å². The molecule has 7 heteroatoms. The van der Waals surface area contributed by atoms with Gasteiger partial charge in [0.1, 0.15) is 11.4 Å². The van der Waals surface area contributed by atoms with E-state index >= 15 is 0 Å². The molecule has 2 amide bonds. The van der Waals surface area contributed by atoms with Crippen molar-refractivity contribution in [2.24, 2.45) is 0 Å². The van der Waals surface area contributed by atoms with Crippen molar-refractivity contribution in [3.63, 3.8) is 0 Å². The van der Waals surface area contributed by atoms with Crippen LogP contribution in [0.4, 0.5) is 0 Å². The average molecular weight is 426 g/mol. The lowest BCUT2D eigenvalue weighted by Gasteiger charge is -2.08. The van der Waals surface area contributed by atoms with E-state index in [4.69, 9.17) is 4.74 Å². The number of nitrogens with zero attached hydrogens (tertiary/aromatic N) is 2. The maximum absolute atomic E-state index is 12.9. The summed E-state index contributed by atoms with van der Waals surface area (Å²) in [5, 5.41) is 4.63. The van der Waals surface area contributed by atoms with Gasteiger partial charge in [-0.15, -0.1) is 0 Å². The van der Waals surface area contributed by atoms with Crippen molar-refractivity contribution in [3.05, 3.63) is 108 Å². The molecule has 2 N–H and O–H groups in total. The third-order valence-electron chi connectivity index (χ3n) is 4.88. The number of methoxy groups -OCH3 is 1. The Morgan fingerprint density at radius 2 is 1.47 bits per heavy atom. The summed E-state index contributed by atoms with van der Waals surface area (Å²) in [7, 11) is 1.55. The number of hydrazine groups is 1. The largest absolute Gasteiger partial charge is 0.497 e. The van der Waals surface area contributed by atoms with Crippen LogP contribution in [0.25, 0.3) is 11.3 Å². The minimum Gasteiger partial charge on any atom is -0.497 e. The van der Waals surface area contributed by atoms with E-state index in [0.29, 0.717) is 29.1 Å². The molecule has 0 spiro atoms. The molecule has 1 aromatic heterocycles. The molecule has 0 bridgehead atoms. The van der Waals surface area contributed by atoms with Gasteiger partial charge in [0.25, 0.3) is 11.8 Å². The van der Waals surface area contributed by atoms with Gasteiger partial charge in [0, 0.05) is 17.3 Å². The fourth-order valence-corrected chi connectivity index (χ4v) is 3.24. The Kier molecular flexibility index (Phi) is 6.27. The number of aromatic nitrogens is 2. The van der Waals surface area contributed by atoms with Gasteiger partial charge in [-0.25, -0.2) is 0 Å². The standard InChI is InChI=1S/C25H22N4O3/c1-32-21-14-12-20(13-15-21)24(30)26-27-25(31)22-17-29(16-18-8-4-2-5-9-18)28-23(22)19-10-6-3-7-11-19/h2-15,17H,16H2,1H3,(H,26,30)(H,27,31). The minimum atomic E-state index is -0.454. The van der Waals surface area contributed by atoms with Gasteiger partial charge in [0.05, 0.1) is 19.2 Å². The number of hydrogen-bond acceptors (Lipinski definition) is 4. The molecule has 0 unspecified atom stereocenters. The van der Waals surface area contributed by atoms with Crippen LogP contribution in [0.15, 0.2) is 91.1 Å². The number of nitrogens with one attached hydrogen (secondary N) is 2. The van der Waals surface area contributed by atoms with Gasteiger partial charge in [-0.3, -0.25) is 25.1 Å². The second-order valence-electron chi connectivity index (χ2n) is 7.08. The lowest BCUT2D eigenvalue weighted by Crippen LogP contribution is -2.41. The highest BCUT2D eigenvalue weighted by Gasteiger charge is 2.19. The molecule has 0 aliphatic carbocycles. The van der Waals surface area contributed by atoms with E-state index in [-0.39, 0.29) is 0 Å². The summed E-state index contributed by atoms with van der Waals surface area (Å²) in [6.07, 6.45) is 1.68. The van der Waals surface area contributed by atoms with Gasteiger partial charge in [-0.1, -0.05) is 60.7 Å². The molecule has 0 radical (unpaired) electrons. The van der Waals surface area contributed by atoms with Gasteiger partial charge in [0.2, 0.25) is 0 Å². The van der Waals surface area contributed by atoms with E-state index < -0.39 is 11.8 Å². The Morgan fingerprint density at radius 1 is 0.844 bits per heavy atom. The highest BCUT2D eigenvalue weighted by molar-refractivity contribution is 6.02. The maximum Gasteiger partial charge on any atom is 0.273 e. The van der Waals surface area contributed by atoms with Crippen LogP contribution >= 0.6 is 0 Å². The lowest BCUT2D eigenvalue weighted by atomic mass is 10.1. The SMILES string of the molecule is COc1ccc(C(=O)NNC(=O)c2cn(Cc3ccccc3)nc2-c2ccccc2)cc1. The van der Waals surface area contributed by atoms with Crippen molar-refractivity contribution in [1.29, 1.82) is 0 Å². The molecule has 7 nitrogen and oxygen atoms in total. The smallest absolute Gasteiger partial charge is 0.273 e. The molecule has 0 saturated carbocycles. The molecule has 32 heavy (non-hydrogen) atoms. The molecule has 4 aromatic rings. The fourth-order valence-electron chi connectivity index (χ4n) is 3.24. The van der Waals surface area contributed by atoms with Crippen LogP contribution in [0.2, 0.25) is 0 Å². The number of amides is 2. The van der Waals surface area contributed by atoms with Gasteiger partial charge in [-0.05, 0) is 29.8 Å². The summed E-state index contributed by atoms with van der Waals surface area (Å²) in [6.45, 7) is 0.520. The van der Waals surface area contributed by atoms with Crippen molar-refractivity contribution in [3.8, 4) is 17.0 Å². The van der Waals surface area contributed by atoms with Gasteiger partial charge >= 0.3 is 0 Å². The molecular weight excluding hydrogens is 404 g/mol. The van der Waals surface area contributed by atoms with E-state index in [9.17, 15) is 9.59 Å². The van der Waals surface area contributed by atoms with Crippen molar-refractivity contribution in [2.75, 3.05) is 7.11 Å². The zero-order chi connectivity index (χ0) is 22.3. The summed E-state index contributed by atoms with van der Waals surface area (Å²) in [5.74, 6) is -0.243. The second-order valence-corrected chi connectivity index (χ2v) is 7.08. The summed E-state index contributed by atoms with van der Waals surface area (Å²) in [6, 6.07) is 25.9. The van der Waals surface area contributed by atoms with Crippen molar-refractivity contribution in [2.45, 2.75) is 6.54 Å². The Labute approximate surface area is 185 Å². The zero-order valence-corrected chi connectivity index (χ0v) is 17.5. The summed E-state index contributed by atoms with van der Waals surface area (Å²) in [5.41, 5.74) is 8.12. The molecule has 1 heterocycles. The maximum atomic E-state index is 12.9. The summed E-state index contributed by atoms with van der Waals surface area (Å²) < 4.78 is 6.81. The predicted molar refractivity (Wildman–Crippen MR) is 121 cm³/mol. The number of carbonyl (C=O) groups excluding carboxylic acids is 2. The number of hydrogen-bond donors (Lipinski definition) is 2. The van der Waals surface area contributed by atoms with E-state index in [1.807, 2.05) is 60.7 Å². The first-order valence-electron chi connectivity index (χ1n) is 10.1. The molecule has 0 saturated heterocycles. The minimum absolute atomic E-state index is 0.363. The van der Waals surface area contributed by atoms with Crippen LogP contribution in [0.3, 0.4) is 0 Å². The first-order valence-corrected chi connectivity index (χ1v) is 10.1. The second kappa shape index (κ2) is 9.61. The number of rotatable bonds is 6. The molecule has 0 atom stereocenters. The Balaban J connectivity index is 1.53. The Morgan fingerprint density at radius 3 is 2.12 bits per heavy atom. The van der Waals surface area contributed by atoms with Crippen molar-refractivity contribution >= 4 is 11.8 Å². The molecule has 0 fully saturated rings. The number of benzene rings is 3. The van der Waals surface area contributed by atoms with E-state index in [0.717, 1.165) is 11.1 Å². The van der Waals surface area contributed by atoms with Crippen LogP contribution in [0.1, 0.15) is 26.3 Å². The molecule has 0 aliphatic rings. The number of ether oxygens (including phenoxy) is 1. The number of carbonyl (C=O) groups is 2. The molecular formula is C25H22N4O3. The molecule has 4 rings (SSSR count). The summed E-state index contributed by atoms with van der Waals surface area (Å²) in [4.78, 5) is 25.3. The summed E-state index contributed by atoms with van der Waals surface area (Å²) >= 11 is 0. The molecule has 3 aromatic carbocycles. The van der Waals surface area contributed by atoms with Gasteiger partial charge in [-0.2, -0.15) is 5.10 Å².